The van der Waals surface area contributed by atoms with E-state index in [-0.39, 0.29) is 23.3 Å². The molecule has 10 heteroatoms. The molecule has 3 amide bonds. The van der Waals surface area contributed by atoms with E-state index in [1.165, 1.54) is 19.4 Å². The minimum absolute atomic E-state index is 0.00741. The number of pyridine rings is 2. The van der Waals surface area contributed by atoms with E-state index in [0.717, 1.165) is 28.9 Å². The van der Waals surface area contributed by atoms with Crippen LogP contribution in [0.2, 0.25) is 0 Å². The van der Waals surface area contributed by atoms with Gasteiger partial charge in [-0.25, -0.2) is 13.8 Å². The number of hydrogen-bond donors (Lipinski definition) is 2. The lowest BCUT2D eigenvalue weighted by Gasteiger charge is -2.38. The van der Waals surface area contributed by atoms with Crippen LogP contribution in [0.15, 0.2) is 24.5 Å². The third-order valence-electron chi connectivity index (χ3n) is 6.04. The third kappa shape index (κ3) is 3.96. The van der Waals surface area contributed by atoms with Crippen molar-refractivity contribution in [1.29, 1.82) is 0 Å². The first-order valence-electron chi connectivity index (χ1n) is 10.6. The van der Waals surface area contributed by atoms with Crippen LogP contribution in [0, 0.1) is 5.92 Å². The number of rotatable bonds is 5. The van der Waals surface area contributed by atoms with Crippen molar-refractivity contribution in [2.24, 2.45) is 5.92 Å². The van der Waals surface area contributed by atoms with E-state index in [9.17, 15) is 23.2 Å². The van der Waals surface area contributed by atoms with Gasteiger partial charge < -0.3 is 15.5 Å². The Labute approximate surface area is 188 Å². The molecule has 2 aliphatic carbocycles. The van der Waals surface area contributed by atoms with Crippen molar-refractivity contribution in [3.63, 3.8) is 0 Å². The molecule has 0 bridgehead atoms. The number of carbonyl (C=O) groups excluding carboxylic acids is 3. The van der Waals surface area contributed by atoms with Gasteiger partial charge in [0.05, 0.1) is 29.9 Å². The van der Waals surface area contributed by atoms with Crippen LogP contribution < -0.4 is 10.6 Å². The predicted molar refractivity (Wildman–Crippen MR) is 116 cm³/mol. The zero-order valence-corrected chi connectivity index (χ0v) is 17.8. The topological polar surface area (TPSA) is 104 Å². The quantitative estimate of drug-likeness (QED) is 0.724. The van der Waals surface area contributed by atoms with E-state index < -0.39 is 24.9 Å². The molecule has 3 heterocycles. The minimum Gasteiger partial charge on any atom is -0.355 e. The van der Waals surface area contributed by atoms with Gasteiger partial charge in [-0.3, -0.25) is 19.4 Å². The van der Waals surface area contributed by atoms with Gasteiger partial charge in [0.1, 0.15) is 5.82 Å². The molecule has 170 valence electrons. The maximum Gasteiger partial charge on any atom is 0.282 e. The fourth-order valence-corrected chi connectivity index (χ4v) is 4.03. The first kappa shape index (κ1) is 21.2. The molecule has 3 aliphatic rings. The van der Waals surface area contributed by atoms with Crippen molar-refractivity contribution in [3.8, 4) is 0 Å². The van der Waals surface area contributed by atoms with E-state index in [0.29, 0.717) is 29.1 Å². The molecule has 5 rings (SSSR count). The molecular weight excluding hydrogens is 432 g/mol. The van der Waals surface area contributed by atoms with Crippen LogP contribution >= 0.6 is 0 Å². The molecule has 0 spiro atoms. The molecule has 1 aliphatic heterocycles. The van der Waals surface area contributed by atoms with Crippen molar-refractivity contribution in [3.05, 3.63) is 52.5 Å². The molecule has 1 saturated heterocycles. The number of likely N-dealkylation sites (tertiary alicyclic amines) is 1. The number of carbonyl (C=O) groups is 3. The molecular formula is C23H21F2N5O3. The Bertz CT molecular complexity index is 1200. The van der Waals surface area contributed by atoms with Crippen LogP contribution in [0.3, 0.4) is 0 Å². The summed E-state index contributed by atoms with van der Waals surface area (Å²) in [7, 11) is 1.53. The number of nitrogens with one attached hydrogen (secondary N) is 2. The van der Waals surface area contributed by atoms with Crippen molar-refractivity contribution in [2.75, 3.05) is 25.5 Å². The fraction of sp³-hybridized carbons (Fsp3) is 0.348. The molecule has 0 unspecified atom stereocenters. The van der Waals surface area contributed by atoms with E-state index in [2.05, 4.69) is 20.6 Å². The smallest absolute Gasteiger partial charge is 0.282 e. The van der Waals surface area contributed by atoms with Crippen molar-refractivity contribution in [1.82, 2.24) is 20.2 Å². The number of hydrogen-bond acceptors (Lipinski definition) is 5. The summed E-state index contributed by atoms with van der Waals surface area (Å²) in [5.41, 5.74) is 3.38. The Morgan fingerprint density at radius 3 is 2.48 bits per heavy atom. The van der Waals surface area contributed by atoms with Gasteiger partial charge in [-0.1, -0.05) is 0 Å². The summed E-state index contributed by atoms with van der Waals surface area (Å²) in [6, 6.07) is 3.21. The number of anilines is 1. The molecule has 2 aromatic rings. The molecule has 1 saturated carbocycles. The Morgan fingerprint density at radius 2 is 1.88 bits per heavy atom. The average Bonchev–Trinajstić information content (AvgIpc) is 3.55. The highest BCUT2D eigenvalue weighted by molar-refractivity contribution is 6.04. The number of nitrogens with zero attached hydrogens (tertiary/aromatic N) is 3. The van der Waals surface area contributed by atoms with Crippen molar-refractivity contribution < 1.29 is 23.2 Å². The highest BCUT2D eigenvalue weighted by atomic mass is 19.3. The fourth-order valence-electron chi connectivity index (χ4n) is 4.03. The summed E-state index contributed by atoms with van der Waals surface area (Å²) >= 11 is 0. The van der Waals surface area contributed by atoms with Gasteiger partial charge in [0.2, 0.25) is 5.91 Å². The normalized spacial score (nSPS) is 18.2. The van der Waals surface area contributed by atoms with Crippen LogP contribution in [-0.2, 0) is 11.2 Å². The van der Waals surface area contributed by atoms with Gasteiger partial charge in [0, 0.05) is 37.3 Å². The minimum atomic E-state index is -2.83. The van der Waals surface area contributed by atoms with Crippen LogP contribution in [0.1, 0.15) is 50.4 Å². The van der Waals surface area contributed by atoms with E-state index in [1.54, 1.807) is 12.1 Å². The molecule has 0 atom stereocenters. The summed E-state index contributed by atoms with van der Waals surface area (Å²) in [5, 5.41) is 5.46. The Balaban J connectivity index is 1.40. The van der Waals surface area contributed by atoms with Crippen molar-refractivity contribution in [2.45, 2.75) is 25.2 Å². The van der Waals surface area contributed by atoms with Gasteiger partial charge in [-0.05, 0) is 42.2 Å². The molecule has 33 heavy (non-hydrogen) atoms. The van der Waals surface area contributed by atoms with E-state index in [4.69, 9.17) is 0 Å². The molecule has 0 aromatic carbocycles. The predicted octanol–water partition coefficient (Wildman–Crippen LogP) is 2.37. The first-order chi connectivity index (χ1) is 15.8. The summed E-state index contributed by atoms with van der Waals surface area (Å²) in [5.74, 6) is -3.26. The number of amides is 3. The maximum absolute atomic E-state index is 13.1. The number of allylic oxidation sites excluding steroid dienone is 1. The van der Waals surface area contributed by atoms with E-state index in [1.807, 2.05) is 6.08 Å². The zero-order valence-electron chi connectivity index (χ0n) is 17.8. The Hall–Kier alpha value is -3.69. The van der Waals surface area contributed by atoms with Crippen molar-refractivity contribution >= 4 is 35.2 Å². The van der Waals surface area contributed by atoms with Gasteiger partial charge >= 0.3 is 0 Å². The Kier molecular flexibility index (Phi) is 4.95. The zero-order chi connectivity index (χ0) is 23.3. The second-order valence-electron chi connectivity index (χ2n) is 8.55. The van der Waals surface area contributed by atoms with Crippen LogP contribution in [0.4, 0.5) is 14.6 Å². The maximum atomic E-state index is 13.1. The lowest BCUT2D eigenvalue weighted by Crippen LogP contribution is -2.58. The second kappa shape index (κ2) is 7.72. The van der Waals surface area contributed by atoms with Gasteiger partial charge in [0.25, 0.3) is 17.7 Å². The largest absolute Gasteiger partial charge is 0.355 e. The summed E-state index contributed by atoms with van der Waals surface area (Å²) < 4.78 is 26.1. The van der Waals surface area contributed by atoms with Crippen LogP contribution in [-0.4, -0.2) is 58.6 Å². The van der Waals surface area contributed by atoms with Gasteiger partial charge in [-0.2, -0.15) is 0 Å². The number of halogens is 2. The average molecular weight is 453 g/mol. The molecule has 2 N–H and O–H groups in total. The number of aromatic nitrogens is 2. The summed E-state index contributed by atoms with van der Waals surface area (Å²) in [4.78, 5) is 46.7. The first-order valence-corrected chi connectivity index (χ1v) is 10.6. The number of alkyl halides is 2. The highest BCUT2D eigenvalue weighted by Crippen LogP contribution is 2.38. The summed E-state index contributed by atoms with van der Waals surface area (Å²) in [6.45, 7) is -1.17. The molecule has 0 radical (unpaired) electrons. The number of fused-ring (bicyclic) bond motifs is 1. The monoisotopic (exact) mass is 453 g/mol. The van der Waals surface area contributed by atoms with Gasteiger partial charge in [-0.15, -0.1) is 0 Å². The molecule has 2 aromatic heterocycles. The van der Waals surface area contributed by atoms with Crippen LogP contribution in [0.25, 0.3) is 11.6 Å². The van der Waals surface area contributed by atoms with E-state index >= 15 is 0 Å². The highest BCUT2D eigenvalue weighted by Gasteiger charge is 2.46. The lowest BCUT2D eigenvalue weighted by atomic mass is 10.0. The standard InChI is InChI=1S/C23H21F2N5O3/c1-26-21(32)17-9-28-19(29-20(31)12-2-3-12)16-7-14(6-15(16)17)18-5-4-13(8-27-18)22(33)30-10-23(24,25)11-30/h4-6,8-9,12H,2-3,7,10-11H2,1H3,(H,26,32)(H,28,29,31). The third-order valence-corrected chi connectivity index (χ3v) is 6.04. The second-order valence-corrected chi connectivity index (χ2v) is 8.55. The van der Waals surface area contributed by atoms with Crippen LogP contribution in [0.5, 0.6) is 0 Å². The molecule has 2 fully saturated rings. The van der Waals surface area contributed by atoms with Gasteiger partial charge in [0.15, 0.2) is 0 Å². The molecule has 8 nitrogen and oxygen atoms in total. The lowest BCUT2D eigenvalue weighted by molar-refractivity contribution is -0.117. The Morgan fingerprint density at radius 1 is 1.12 bits per heavy atom. The summed E-state index contributed by atoms with van der Waals surface area (Å²) in [6.07, 6.45) is 6.75. The SMILES string of the molecule is CNC(=O)c1cnc(NC(=O)C2CC2)c2c1C=C(c1ccc(C(=O)N3CC(F)(F)C3)cn1)C2.